The number of nitrogens with one attached hydrogen (secondary N) is 1. The molecular weight excluding hydrogens is 350 g/mol. The van der Waals surface area contributed by atoms with Crippen molar-refractivity contribution in [2.75, 3.05) is 0 Å². The van der Waals surface area contributed by atoms with Crippen LogP contribution in [0.2, 0.25) is 0 Å². The molecule has 0 aliphatic rings. The van der Waals surface area contributed by atoms with Crippen LogP contribution in [0.15, 0.2) is 60.8 Å². The smallest absolute Gasteiger partial charge is 0.320 e. The lowest BCUT2D eigenvalue weighted by molar-refractivity contribution is -0.139. The number of aryl methyl sites for hydroxylation is 1. The van der Waals surface area contributed by atoms with Gasteiger partial charge in [0.05, 0.1) is 11.4 Å². The number of carboxylic acid groups (broad SMARTS) is 1. The van der Waals surface area contributed by atoms with Gasteiger partial charge in [-0.15, -0.1) is 0 Å². The number of unbranched alkanes of at least 4 members (excludes halogenated alkanes) is 1. The second-order valence-corrected chi connectivity index (χ2v) is 7.06. The van der Waals surface area contributed by atoms with E-state index in [1.807, 2.05) is 41.2 Å². The van der Waals surface area contributed by atoms with Crippen molar-refractivity contribution < 1.29 is 9.90 Å². The molecule has 0 aliphatic heterocycles. The molecule has 1 heterocycles. The summed E-state index contributed by atoms with van der Waals surface area (Å²) in [5.74, 6) is -0.805. The maximum absolute atomic E-state index is 11.6. The number of nitrogens with zero attached hydrogens (tertiary/aromatic N) is 2. The van der Waals surface area contributed by atoms with Crippen molar-refractivity contribution in [3.05, 3.63) is 71.9 Å². The van der Waals surface area contributed by atoms with Crippen LogP contribution in [0.25, 0.3) is 16.9 Å². The largest absolute Gasteiger partial charge is 0.480 e. The summed E-state index contributed by atoms with van der Waals surface area (Å²) in [6.07, 6.45) is 4.47. The Morgan fingerprint density at radius 3 is 2.50 bits per heavy atom. The van der Waals surface area contributed by atoms with E-state index in [1.54, 1.807) is 0 Å². The normalized spacial score (nSPS) is 12.1. The van der Waals surface area contributed by atoms with E-state index in [1.165, 1.54) is 5.56 Å². The number of rotatable bonds is 9. The fourth-order valence-electron chi connectivity index (χ4n) is 3.16. The molecule has 0 bridgehead atoms. The van der Waals surface area contributed by atoms with Crippen LogP contribution in [0.4, 0.5) is 0 Å². The van der Waals surface area contributed by atoms with Gasteiger partial charge in [0, 0.05) is 23.9 Å². The van der Waals surface area contributed by atoms with Crippen LogP contribution >= 0.6 is 0 Å². The van der Waals surface area contributed by atoms with Crippen LogP contribution in [0.3, 0.4) is 0 Å². The van der Waals surface area contributed by atoms with Gasteiger partial charge in [-0.25, -0.2) is 4.68 Å². The minimum absolute atomic E-state index is 0.455. The molecule has 2 N–H and O–H groups in total. The molecule has 0 spiro atoms. The lowest BCUT2D eigenvalue weighted by atomic mass is 10.1. The number of carboxylic acids is 1. The molecule has 3 rings (SSSR count). The summed E-state index contributed by atoms with van der Waals surface area (Å²) >= 11 is 0. The van der Waals surface area contributed by atoms with Crippen molar-refractivity contribution in [2.24, 2.45) is 0 Å². The van der Waals surface area contributed by atoms with Gasteiger partial charge in [-0.1, -0.05) is 67.8 Å². The van der Waals surface area contributed by atoms with E-state index in [0.717, 1.165) is 35.3 Å². The molecule has 0 radical (unpaired) electrons. The first kappa shape index (κ1) is 19.8. The fourth-order valence-corrected chi connectivity index (χ4v) is 3.16. The molecule has 146 valence electrons. The molecule has 0 amide bonds. The minimum Gasteiger partial charge on any atom is -0.480 e. The lowest BCUT2D eigenvalue weighted by Crippen LogP contribution is -2.36. The van der Waals surface area contributed by atoms with Crippen molar-refractivity contribution in [1.29, 1.82) is 0 Å². The third-order valence-electron chi connectivity index (χ3n) is 4.82. The Morgan fingerprint density at radius 1 is 1.14 bits per heavy atom. The zero-order valence-corrected chi connectivity index (χ0v) is 16.4. The first-order valence-corrected chi connectivity index (χ1v) is 9.75. The SMILES string of the molecule is CCCCC(NCc1cn(-c2ccccc2)nc1-c1ccc(C)cc1)C(=O)O. The Hall–Kier alpha value is -2.92. The van der Waals surface area contributed by atoms with E-state index in [4.69, 9.17) is 5.10 Å². The Balaban J connectivity index is 1.90. The van der Waals surface area contributed by atoms with E-state index >= 15 is 0 Å². The van der Waals surface area contributed by atoms with Crippen LogP contribution in [0.5, 0.6) is 0 Å². The number of hydrogen-bond acceptors (Lipinski definition) is 3. The summed E-state index contributed by atoms with van der Waals surface area (Å²) in [7, 11) is 0. The molecule has 0 saturated heterocycles. The molecule has 0 fully saturated rings. The van der Waals surface area contributed by atoms with Gasteiger partial charge in [0.2, 0.25) is 0 Å². The number of hydrogen-bond donors (Lipinski definition) is 2. The van der Waals surface area contributed by atoms with Crippen molar-refractivity contribution in [3.8, 4) is 16.9 Å². The highest BCUT2D eigenvalue weighted by Crippen LogP contribution is 2.24. The molecule has 5 nitrogen and oxygen atoms in total. The minimum atomic E-state index is -0.805. The number of benzene rings is 2. The van der Waals surface area contributed by atoms with E-state index in [0.29, 0.717) is 13.0 Å². The second kappa shape index (κ2) is 9.33. The Bertz CT molecular complexity index is 901. The molecule has 1 aromatic heterocycles. The number of carbonyl (C=O) groups is 1. The molecule has 1 unspecified atom stereocenters. The summed E-state index contributed by atoms with van der Waals surface area (Å²) in [5, 5.41) is 17.5. The maximum Gasteiger partial charge on any atom is 0.320 e. The Kier molecular flexibility index (Phi) is 6.61. The summed E-state index contributed by atoms with van der Waals surface area (Å²) in [6, 6.07) is 17.6. The summed E-state index contributed by atoms with van der Waals surface area (Å²) in [4.78, 5) is 11.6. The van der Waals surface area contributed by atoms with Gasteiger partial charge in [-0.3, -0.25) is 4.79 Å². The van der Waals surface area contributed by atoms with Gasteiger partial charge in [0.1, 0.15) is 6.04 Å². The van der Waals surface area contributed by atoms with Gasteiger partial charge in [-0.2, -0.15) is 5.10 Å². The van der Waals surface area contributed by atoms with Crippen LogP contribution < -0.4 is 5.32 Å². The maximum atomic E-state index is 11.6. The molecule has 1 atom stereocenters. The summed E-state index contributed by atoms with van der Waals surface area (Å²) in [5.41, 5.74) is 5.04. The predicted octanol–water partition coefficient (Wildman–Crippen LogP) is 4.58. The van der Waals surface area contributed by atoms with E-state index in [-0.39, 0.29) is 0 Å². The predicted molar refractivity (Wildman–Crippen MR) is 112 cm³/mol. The zero-order valence-electron chi connectivity index (χ0n) is 16.4. The molecule has 5 heteroatoms. The Labute approximate surface area is 166 Å². The van der Waals surface area contributed by atoms with Crippen LogP contribution in [0.1, 0.15) is 37.3 Å². The molecular formula is C23H27N3O2. The lowest BCUT2D eigenvalue weighted by Gasteiger charge is -2.14. The standard InChI is InChI=1S/C23H27N3O2/c1-3-4-10-21(23(27)28)24-15-19-16-26(20-8-6-5-7-9-20)25-22(19)18-13-11-17(2)12-14-18/h5-9,11-14,16,21,24H,3-4,10,15H2,1-2H3,(H,27,28). The average molecular weight is 377 g/mol. The Morgan fingerprint density at radius 2 is 1.86 bits per heavy atom. The third kappa shape index (κ3) is 4.87. The third-order valence-corrected chi connectivity index (χ3v) is 4.82. The topological polar surface area (TPSA) is 67.2 Å². The van der Waals surface area contributed by atoms with E-state index < -0.39 is 12.0 Å². The second-order valence-electron chi connectivity index (χ2n) is 7.06. The van der Waals surface area contributed by atoms with Crippen molar-refractivity contribution in [1.82, 2.24) is 15.1 Å². The van der Waals surface area contributed by atoms with Gasteiger partial charge in [0.25, 0.3) is 0 Å². The van der Waals surface area contributed by atoms with Crippen LogP contribution in [0, 0.1) is 6.92 Å². The highest BCUT2D eigenvalue weighted by Gasteiger charge is 2.18. The number of para-hydroxylation sites is 1. The first-order valence-electron chi connectivity index (χ1n) is 9.75. The molecule has 0 saturated carbocycles. The van der Waals surface area contributed by atoms with Gasteiger partial charge in [0.15, 0.2) is 0 Å². The van der Waals surface area contributed by atoms with E-state index in [9.17, 15) is 9.90 Å². The number of aromatic nitrogens is 2. The molecule has 28 heavy (non-hydrogen) atoms. The average Bonchev–Trinajstić information content (AvgIpc) is 3.13. The monoisotopic (exact) mass is 377 g/mol. The summed E-state index contributed by atoms with van der Waals surface area (Å²) in [6.45, 7) is 4.58. The highest BCUT2D eigenvalue weighted by atomic mass is 16.4. The highest BCUT2D eigenvalue weighted by molar-refractivity contribution is 5.73. The molecule has 3 aromatic rings. The fraction of sp³-hybridized carbons (Fsp3) is 0.304. The van der Waals surface area contributed by atoms with Gasteiger partial charge in [-0.05, 0) is 25.5 Å². The zero-order chi connectivity index (χ0) is 19.9. The first-order chi connectivity index (χ1) is 13.6. The summed E-state index contributed by atoms with van der Waals surface area (Å²) < 4.78 is 1.86. The van der Waals surface area contributed by atoms with E-state index in [2.05, 4.69) is 43.4 Å². The van der Waals surface area contributed by atoms with Gasteiger partial charge < -0.3 is 10.4 Å². The van der Waals surface area contributed by atoms with Crippen LogP contribution in [-0.4, -0.2) is 26.9 Å². The van der Waals surface area contributed by atoms with Crippen molar-refractivity contribution in [2.45, 2.75) is 45.7 Å². The quantitative estimate of drug-likeness (QED) is 0.573. The molecule has 0 aliphatic carbocycles. The molecule has 2 aromatic carbocycles. The van der Waals surface area contributed by atoms with Crippen molar-refractivity contribution in [3.63, 3.8) is 0 Å². The van der Waals surface area contributed by atoms with Crippen LogP contribution in [-0.2, 0) is 11.3 Å². The number of aliphatic carboxylic acids is 1. The van der Waals surface area contributed by atoms with Crippen molar-refractivity contribution >= 4 is 5.97 Å². The van der Waals surface area contributed by atoms with Gasteiger partial charge >= 0.3 is 5.97 Å².